The number of aryl methyl sites for hydroxylation is 1. The van der Waals surface area contributed by atoms with Crippen molar-refractivity contribution in [2.24, 2.45) is 0 Å². The first-order chi connectivity index (χ1) is 11.9. The Balaban J connectivity index is 1.99. The first-order valence-corrected chi connectivity index (χ1v) is 7.77. The van der Waals surface area contributed by atoms with Crippen LogP contribution < -0.4 is 4.74 Å². The second kappa shape index (κ2) is 8.15. The highest BCUT2D eigenvalue weighted by Gasteiger charge is 2.18. The van der Waals surface area contributed by atoms with Gasteiger partial charge in [0.1, 0.15) is 0 Å². The molecular weight excluding hydrogens is 320 g/mol. The van der Waals surface area contributed by atoms with E-state index in [1.54, 1.807) is 24.3 Å². The third kappa shape index (κ3) is 4.94. The summed E-state index contributed by atoms with van der Waals surface area (Å²) in [5.41, 5.74) is 2.20. The van der Waals surface area contributed by atoms with E-state index in [4.69, 9.17) is 9.47 Å². The highest BCUT2D eigenvalue weighted by molar-refractivity contribution is 6.01. The fourth-order valence-corrected chi connectivity index (χ4v) is 2.18. The van der Waals surface area contributed by atoms with Crippen LogP contribution in [0.2, 0.25) is 0 Å². The summed E-state index contributed by atoms with van der Waals surface area (Å²) < 4.78 is 10.1. The van der Waals surface area contributed by atoms with Gasteiger partial charge in [-0.25, -0.2) is 4.79 Å². The van der Waals surface area contributed by atoms with Gasteiger partial charge in [-0.3, -0.25) is 4.79 Å². The predicted octanol–water partition coefficient (Wildman–Crippen LogP) is 3.54. The van der Waals surface area contributed by atoms with Crippen LogP contribution in [0.15, 0.2) is 48.5 Å². The number of hydrogen-bond donors (Lipinski definition) is 1. The Labute approximate surface area is 146 Å². The zero-order chi connectivity index (χ0) is 18.4. The van der Waals surface area contributed by atoms with Crippen LogP contribution in [0.3, 0.4) is 0 Å². The molecule has 2 aromatic rings. The lowest BCUT2D eigenvalue weighted by molar-refractivity contribution is -0.140. The molecule has 5 heteroatoms. The van der Waals surface area contributed by atoms with Crippen LogP contribution in [0.25, 0.3) is 6.08 Å². The summed E-state index contributed by atoms with van der Waals surface area (Å²) in [7, 11) is 1.44. The van der Waals surface area contributed by atoms with Gasteiger partial charge in [0.2, 0.25) is 5.78 Å². The maximum atomic E-state index is 12.2. The van der Waals surface area contributed by atoms with Gasteiger partial charge in [0.05, 0.1) is 7.11 Å². The molecule has 0 aliphatic rings. The van der Waals surface area contributed by atoms with Crippen LogP contribution in [-0.4, -0.2) is 30.1 Å². The normalized spacial score (nSPS) is 12.0. The van der Waals surface area contributed by atoms with Gasteiger partial charge in [0.15, 0.2) is 17.6 Å². The number of carbonyl (C=O) groups is 2. The number of benzene rings is 2. The molecule has 2 aromatic carbocycles. The molecule has 25 heavy (non-hydrogen) atoms. The molecule has 1 atom stereocenters. The molecule has 0 fully saturated rings. The number of ketones is 1. The van der Waals surface area contributed by atoms with Crippen LogP contribution in [-0.2, 0) is 9.53 Å². The molecule has 0 aliphatic carbocycles. The standard InChI is InChI=1S/C20H20O5/c1-13-4-8-16(9-5-13)20(23)14(2)25-19(22)11-7-15-6-10-17(21)18(12-15)24-3/h4-12,14,21H,1-3H3/b11-7+/t14-/m0/s1. The van der Waals surface area contributed by atoms with Crippen molar-refractivity contribution in [3.63, 3.8) is 0 Å². The molecule has 130 valence electrons. The summed E-state index contributed by atoms with van der Waals surface area (Å²) in [6.45, 7) is 3.47. The number of phenols is 1. The summed E-state index contributed by atoms with van der Waals surface area (Å²) >= 11 is 0. The Morgan fingerprint density at radius 2 is 1.80 bits per heavy atom. The molecule has 0 aromatic heterocycles. The summed E-state index contributed by atoms with van der Waals surface area (Å²) in [4.78, 5) is 24.1. The molecule has 1 N–H and O–H groups in total. The number of aromatic hydroxyl groups is 1. The van der Waals surface area contributed by atoms with Crippen molar-refractivity contribution in [2.75, 3.05) is 7.11 Å². The van der Waals surface area contributed by atoms with E-state index in [0.29, 0.717) is 16.9 Å². The number of methoxy groups -OCH3 is 1. The van der Waals surface area contributed by atoms with Gasteiger partial charge in [0, 0.05) is 11.6 Å². The Hall–Kier alpha value is -3.08. The van der Waals surface area contributed by atoms with E-state index in [0.717, 1.165) is 5.56 Å². The smallest absolute Gasteiger partial charge is 0.331 e. The second-order valence-corrected chi connectivity index (χ2v) is 5.57. The van der Waals surface area contributed by atoms with Crippen LogP contribution in [0.4, 0.5) is 0 Å². The molecule has 0 unspecified atom stereocenters. The van der Waals surface area contributed by atoms with E-state index < -0.39 is 12.1 Å². The molecular formula is C20H20O5. The molecule has 0 heterocycles. The quantitative estimate of drug-likeness (QED) is 0.495. The average molecular weight is 340 g/mol. The van der Waals surface area contributed by atoms with Gasteiger partial charge in [-0.1, -0.05) is 35.9 Å². The van der Waals surface area contributed by atoms with Gasteiger partial charge < -0.3 is 14.6 Å². The van der Waals surface area contributed by atoms with Gasteiger partial charge in [-0.2, -0.15) is 0 Å². The van der Waals surface area contributed by atoms with Crippen molar-refractivity contribution in [1.29, 1.82) is 0 Å². The zero-order valence-electron chi connectivity index (χ0n) is 14.4. The monoisotopic (exact) mass is 340 g/mol. The minimum Gasteiger partial charge on any atom is -0.504 e. The molecule has 0 spiro atoms. The first kappa shape index (κ1) is 18.3. The lowest BCUT2D eigenvalue weighted by Crippen LogP contribution is -2.23. The van der Waals surface area contributed by atoms with Gasteiger partial charge >= 0.3 is 5.97 Å². The minimum atomic E-state index is -0.880. The Kier molecular flexibility index (Phi) is 5.95. The number of carbonyl (C=O) groups excluding carboxylic acids is 2. The highest BCUT2D eigenvalue weighted by atomic mass is 16.5. The molecule has 2 rings (SSSR count). The van der Waals surface area contributed by atoms with Crippen LogP contribution in [0.1, 0.15) is 28.4 Å². The highest BCUT2D eigenvalue weighted by Crippen LogP contribution is 2.26. The number of Topliss-reactive ketones (excluding diaryl/α,β-unsaturated/α-hetero) is 1. The van der Waals surface area contributed by atoms with Crippen LogP contribution in [0.5, 0.6) is 11.5 Å². The van der Waals surface area contributed by atoms with Gasteiger partial charge in [0.25, 0.3) is 0 Å². The largest absolute Gasteiger partial charge is 0.504 e. The zero-order valence-corrected chi connectivity index (χ0v) is 14.4. The van der Waals surface area contributed by atoms with Crippen LogP contribution in [0, 0.1) is 6.92 Å². The predicted molar refractivity (Wildman–Crippen MR) is 94.8 cm³/mol. The maximum Gasteiger partial charge on any atom is 0.331 e. The minimum absolute atomic E-state index is 0.0135. The molecule has 0 radical (unpaired) electrons. The molecule has 0 bridgehead atoms. The van der Waals surface area contributed by atoms with E-state index in [2.05, 4.69) is 0 Å². The molecule has 0 saturated heterocycles. The van der Waals surface area contributed by atoms with Crippen molar-refractivity contribution in [3.8, 4) is 11.5 Å². The van der Waals surface area contributed by atoms with Crippen LogP contribution >= 0.6 is 0 Å². The third-order valence-corrected chi connectivity index (χ3v) is 3.61. The summed E-state index contributed by atoms with van der Waals surface area (Å²) in [5.74, 6) is -0.564. The lowest BCUT2D eigenvalue weighted by Gasteiger charge is -2.11. The molecule has 0 aliphatic heterocycles. The van der Waals surface area contributed by atoms with Crippen molar-refractivity contribution >= 4 is 17.8 Å². The van der Waals surface area contributed by atoms with E-state index in [1.165, 1.54) is 32.3 Å². The molecule has 0 saturated carbocycles. The Morgan fingerprint density at radius 1 is 1.12 bits per heavy atom. The fourth-order valence-electron chi connectivity index (χ4n) is 2.18. The van der Waals surface area contributed by atoms with Gasteiger partial charge in [-0.15, -0.1) is 0 Å². The van der Waals surface area contributed by atoms with Crippen molar-refractivity contribution in [1.82, 2.24) is 0 Å². The van der Waals surface area contributed by atoms with E-state index in [-0.39, 0.29) is 11.5 Å². The third-order valence-electron chi connectivity index (χ3n) is 3.61. The van der Waals surface area contributed by atoms with Crippen molar-refractivity contribution < 1.29 is 24.2 Å². The van der Waals surface area contributed by atoms with Gasteiger partial charge in [-0.05, 0) is 37.6 Å². The maximum absolute atomic E-state index is 12.2. The van der Waals surface area contributed by atoms with E-state index in [1.807, 2.05) is 19.1 Å². The number of esters is 1. The van der Waals surface area contributed by atoms with Crippen molar-refractivity contribution in [3.05, 3.63) is 65.2 Å². The number of hydrogen-bond acceptors (Lipinski definition) is 5. The number of ether oxygens (including phenoxy) is 2. The second-order valence-electron chi connectivity index (χ2n) is 5.57. The average Bonchev–Trinajstić information content (AvgIpc) is 2.61. The summed E-state index contributed by atoms with van der Waals surface area (Å²) in [5, 5.41) is 9.54. The number of phenolic OH excluding ortho intramolecular Hbond substituents is 1. The SMILES string of the molecule is COc1cc(/C=C/C(=O)O[C@@H](C)C(=O)c2ccc(C)cc2)ccc1O. The fraction of sp³-hybridized carbons (Fsp3) is 0.200. The Bertz CT molecular complexity index is 790. The van der Waals surface area contributed by atoms with E-state index >= 15 is 0 Å². The molecule has 0 amide bonds. The lowest BCUT2D eigenvalue weighted by atomic mass is 10.1. The number of rotatable bonds is 6. The summed E-state index contributed by atoms with van der Waals surface area (Å²) in [6.07, 6.45) is 1.87. The van der Waals surface area contributed by atoms with E-state index in [9.17, 15) is 14.7 Å². The first-order valence-electron chi connectivity index (χ1n) is 7.77. The topological polar surface area (TPSA) is 72.8 Å². The Morgan fingerprint density at radius 3 is 2.44 bits per heavy atom. The van der Waals surface area contributed by atoms with Crippen molar-refractivity contribution in [2.45, 2.75) is 20.0 Å². The summed E-state index contributed by atoms with van der Waals surface area (Å²) in [6, 6.07) is 11.8. The molecule has 5 nitrogen and oxygen atoms in total.